The summed E-state index contributed by atoms with van der Waals surface area (Å²) in [6.07, 6.45) is 1.62. The molecule has 1 heterocycles. The maximum Gasteiger partial charge on any atom is 0.228 e. The molecule has 1 aliphatic rings. The van der Waals surface area contributed by atoms with Crippen LogP contribution in [0.4, 0.5) is 0 Å². The summed E-state index contributed by atoms with van der Waals surface area (Å²) in [6, 6.07) is 12.2. The van der Waals surface area contributed by atoms with Crippen LogP contribution >= 0.6 is 12.4 Å². The Hall–Kier alpha value is -1.82. The third-order valence-corrected chi connectivity index (χ3v) is 5.03. The highest BCUT2D eigenvalue weighted by Crippen LogP contribution is 2.29. The third-order valence-electron chi connectivity index (χ3n) is 5.03. The van der Waals surface area contributed by atoms with Crippen molar-refractivity contribution in [3.05, 3.63) is 42.0 Å². The molecule has 6 heteroatoms. The van der Waals surface area contributed by atoms with Gasteiger partial charge in [0.1, 0.15) is 5.75 Å². The fourth-order valence-electron chi connectivity index (χ4n) is 3.50. The number of carbonyl (C=O) groups is 1. The van der Waals surface area contributed by atoms with E-state index in [-0.39, 0.29) is 18.3 Å². The molecule has 3 rings (SSSR count). The number of methoxy groups -OCH3 is 2. The van der Waals surface area contributed by atoms with Crippen molar-refractivity contribution in [3.8, 4) is 5.75 Å². The van der Waals surface area contributed by atoms with Gasteiger partial charge in [0.15, 0.2) is 0 Å². The zero-order chi connectivity index (χ0) is 17.7. The fourth-order valence-corrected chi connectivity index (χ4v) is 3.50. The molecule has 2 aromatic rings. The molecule has 0 aromatic heterocycles. The van der Waals surface area contributed by atoms with Crippen molar-refractivity contribution >= 4 is 29.1 Å². The number of fused-ring (bicyclic) bond motifs is 1. The Labute approximate surface area is 160 Å². The minimum Gasteiger partial charge on any atom is -0.497 e. The fraction of sp³-hybridized carbons (Fsp3) is 0.450. The van der Waals surface area contributed by atoms with E-state index in [2.05, 4.69) is 22.8 Å². The second kappa shape index (κ2) is 9.21. The number of ether oxygens (including phenoxy) is 2. The summed E-state index contributed by atoms with van der Waals surface area (Å²) < 4.78 is 10.6. The van der Waals surface area contributed by atoms with Gasteiger partial charge >= 0.3 is 0 Å². The molecule has 0 atom stereocenters. The first kappa shape index (κ1) is 20.5. The van der Waals surface area contributed by atoms with E-state index in [9.17, 15) is 4.79 Å². The third kappa shape index (κ3) is 4.47. The Morgan fingerprint density at radius 2 is 1.81 bits per heavy atom. The lowest BCUT2D eigenvalue weighted by Crippen LogP contribution is -2.49. The second-order valence-electron chi connectivity index (χ2n) is 6.69. The monoisotopic (exact) mass is 378 g/mol. The molecule has 0 saturated carbocycles. The Morgan fingerprint density at radius 3 is 2.50 bits per heavy atom. The molecule has 0 bridgehead atoms. The molecule has 26 heavy (non-hydrogen) atoms. The summed E-state index contributed by atoms with van der Waals surface area (Å²) in [4.78, 5) is 12.8. The number of benzene rings is 2. The van der Waals surface area contributed by atoms with Crippen LogP contribution in [-0.2, 0) is 16.1 Å². The first-order chi connectivity index (χ1) is 12.2. The lowest BCUT2D eigenvalue weighted by molar-refractivity contribution is -0.136. The predicted molar refractivity (Wildman–Crippen MR) is 106 cm³/mol. The van der Waals surface area contributed by atoms with Gasteiger partial charge in [-0.3, -0.25) is 4.79 Å². The molecule has 1 amide bonds. The average Bonchev–Trinajstić information content (AvgIpc) is 2.66. The maximum atomic E-state index is 12.8. The minimum absolute atomic E-state index is 0. The van der Waals surface area contributed by atoms with Gasteiger partial charge in [0.05, 0.1) is 19.1 Å². The molecule has 1 aliphatic heterocycles. The number of hydrogen-bond acceptors (Lipinski definition) is 4. The lowest BCUT2D eigenvalue weighted by atomic mass is 9.78. The van der Waals surface area contributed by atoms with E-state index >= 15 is 0 Å². The number of amides is 1. The van der Waals surface area contributed by atoms with Crippen LogP contribution in [-0.4, -0.2) is 39.8 Å². The summed E-state index contributed by atoms with van der Waals surface area (Å²) in [7, 11) is 3.33. The van der Waals surface area contributed by atoms with Gasteiger partial charge in [0.25, 0.3) is 0 Å². The summed E-state index contributed by atoms with van der Waals surface area (Å²) in [6.45, 7) is 2.71. The van der Waals surface area contributed by atoms with E-state index in [4.69, 9.17) is 9.47 Å². The number of nitrogens with one attached hydrogen (secondary N) is 2. The lowest BCUT2D eigenvalue weighted by Gasteiger charge is -2.35. The number of rotatable bonds is 6. The van der Waals surface area contributed by atoms with E-state index in [1.54, 1.807) is 14.2 Å². The van der Waals surface area contributed by atoms with Crippen molar-refractivity contribution in [2.75, 3.05) is 33.9 Å². The highest BCUT2D eigenvalue weighted by Gasteiger charge is 2.39. The van der Waals surface area contributed by atoms with Gasteiger partial charge in [-0.25, -0.2) is 0 Å². The predicted octanol–water partition coefficient (Wildman–Crippen LogP) is 2.90. The number of piperidine rings is 1. The quantitative estimate of drug-likeness (QED) is 0.811. The molecule has 1 fully saturated rings. The Balaban J connectivity index is 0.00000243. The molecule has 0 unspecified atom stereocenters. The van der Waals surface area contributed by atoms with Crippen LogP contribution in [0.5, 0.6) is 5.75 Å². The van der Waals surface area contributed by atoms with Crippen LogP contribution in [0.3, 0.4) is 0 Å². The minimum atomic E-state index is -0.412. The Kier molecular flexibility index (Phi) is 7.26. The highest BCUT2D eigenvalue weighted by atomic mass is 35.5. The summed E-state index contributed by atoms with van der Waals surface area (Å²) in [5.74, 6) is 0.937. The molecule has 2 aromatic carbocycles. The molecule has 5 nitrogen and oxygen atoms in total. The molecule has 2 N–H and O–H groups in total. The molecule has 0 aliphatic carbocycles. The van der Waals surface area contributed by atoms with E-state index < -0.39 is 5.41 Å². The van der Waals surface area contributed by atoms with Crippen LogP contribution in [0.2, 0.25) is 0 Å². The van der Waals surface area contributed by atoms with Crippen LogP contribution in [0.25, 0.3) is 10.8 Å². The summed E-state index contributed by atoms with van der Waals surface area (Å²) in [5.41, 5.74) is 0.678. The number of halogens is 1. The van der Waals surface area contributed by atoms with Crippen LogP contribution < -0.4 is 15.4 Å². The summed E-state index contributed by atoms with van der Waals surface area (Å²) >= 11 is 0. The zero-order valence-electron chi connectivity index (χ0n) is 15.3. The van der Waals surface area contributed by atoms with Crippen molar-refractivity contribution in [1.29, 1.82) is 0 Å². The van der Waals surface area contributed by atoms with Gasteiger partial charge in [-0.1, -0.05) is 18.2 Å². The van der Waals surface area contributed by atoms with E-state index in [1.807, 2.05) is 24.3 Å². The first-order valence-corrected chi connectivity index (χ1v) is 8.71. The maximum absolute atomic E-state index is 12.8. The average molecular weight is 379 g/mol. The highest BCUT2D eigenvalue weighted by molar-refractivity contribution is 5.86. The Bertz CT molecular complexity index is 739. The van der Waals surface area contributed by atoms with E-state index in [0.29, 0.717) is 13.2 Å². The SMILES string of the molecule is COCC1(C(=O)NCc2ccc3cc(OC)ccc3c2)CCNCC1.Cl. The molecular formula is C20H27ClN2O3. The Morgan fingerprint density at radius 1 is 1.12 bits per heavy atom. The number of hydrogen-bond donors (Lipinski definition) is 2. The largest absolute Gasteiger partial charge is 0.497 e. The topological polar surface area (TPSA) is 59.6 Å². The van der Waals surface area contributed by atoms with Crippen molar-refractivity contribution in [2.45, 2.75) is 19.4 Å². The van der Waals surface area contributed by atoms with Crippen LogP contribution in [0.1, 0.15) is 18.4 Å². The molecule has 142 valence electrons. The van der Waals surface area contributed by atoms with Gasteiger partial charge in [-0.2, -0.15) is 0 Å². The first-order valence-electron chi connectivity index (χ1n) is 8.71. The van der Waals surface area contributed by atoms with Gasteiger partial charge in [-0.15, -0.1) is 12.4 Å². The van der Waals surface area contributed by atoms with Crippen molar-refractivity contribution < 1.29 is 14.3 Å². The molecular weight excluding hydrogens is 352 g/mol. The number of carbonyl (C=O) groups excluding carboxylic acids is 1. The smallest absolute Gasteiger partial charge is 0.228 e. The van der Waals surface area contributed by atoms with E-state index in [1.165, 1.54) is 0 Å². The molecule has 1 saturated heterocycles. The molecule has 0 spiro atoms. The van der Waals surface area contributed by atoms with Crippen molar-refractivity contribution in [3.63, 3.8) is 0 Å². The van der Waals surface area contributed by atoms with Crippen molar-refractivity contribution in [2.24, 2.45) is 5.41 Å². The van der Waals surface area contributed by atoms with Crippen LogP contribution in [0.15, 0.2) is 36.4 Å². The standard InChI is InChI=1S/C20H26N2O3.ClH/c1-24-14-20(7-9-21-10-8-20)19(23)22-13-15-3-4-17-12-18(25-2)6-5-16(17)11-15;/h3-6,11-12,21H,7-10,13-14H2,1-2H3,(H,22,23);1H. The van der Waals surface area contributed by atoms with Gasteiger partial charge in [0, 0.05) is 13.7 Å². The van der Waals surface area contributed by atoms with Crippen molar-refractivity contribution in [1.82, 2.24) is 10.6 Å². The second-order valence-corrected chi connectivity index (χ2v) is 6.69. The zero-order valence-corrected chi connectivity index (χ0v) is 16.2. The molecule has 0 radical (unpaired) electrons. The van der Waals surface area contributed by atoms with Gasteiger partial charge in [0.2, 0.25) is 5.91 Å². The summed E-state index contributed by atoms with van der Waals surface area (Å²) in [5, 5.41) is 8.69. The van der Waals surface area contributed by atoms with E-state index in [0.717, 1.165) is 48.0 Å². The van der Waals surface area contributed by atoms with Gasteiger partial charge in [-0.05, 0) is 60.5 Å². The van der Waals surface area contributed by atoms with Gasteiger partial charge < -0.3 is 20.1 Å². The normalized spacial score (nSPS) is 15.9. The van der Waals surface area contributed by atoms with Crippen LogP contribution in [0, 0.1) is 5.41 Å².